The van der Waals surface area contributed by atoms with Crippen LogP contribution in [0.5, 0.6) is 0 Å². The van der Waals surface area contributed by atoms with E-state index in [1.807, 2.05) is 33.7 Å². The first-order chi connectivity index (χ1) is 13.9. The van der Waals surface area contributed by atoms with Crippen molar-refractivity contribution in [3.63, 3.8) is 0 Å². The minimum absolute atomic E-state index is 0.285. The third kappa shape index (κ3) is 4.25. The van der Waals surface area contributed by atoms with Gasteiger partial charge in [-0.15, -0.1) is 0 Å². The predicted molar refractivity (Wildman–Crippen MR) is 116 cm³/mol. The predicted octanol–water partition coefficient (Wildman–Crippen LogP) is 2.89. The van der Waals surface area contributed by atoms with Crippen molar-refractivity contribution in [3.05, 3.63) is 57.2 Å². The summed E-state index contributed by atoms with van der Waals surface area (Å²) in [5.41, 5.74) is -0.364. The molecule has 2 atom stereocenters. The van der Waals surface area contributed by atoms with Crippen LogP contribution in [0.4, 0.5) is 11.6 Å². The van der Waals surface area contributed by atoms with Crippen LogP contribution in [0, 0.1) is 0 Å². The van der Waals surface area contributed by atoms with Gasteiger partial charge in [-0.3, -0.25) is 0 Å². The van der Waals surface area contributed by atoms with Gasteiger partial charge in [0.05, 0.1) is 0 Å². The van der Waals surface area contributed by atoms with Gasteiger partial charge < -0.3 is 20.8 Å². The van der Waals surface area contributed by atoms with E-state index < -0.39 is 11.2 Å². The van der Waals surface area contributed by atoms with E-state index in [4.69, 9.17) is 0 Å². The molecule has 0 saturated carbocycles. The Bertz CT molecular complexity index is 1070. The van der Waals surface area contributed by atoms with Crippen LogP contribution in [0.1, 0.15) is 25.0 Å². The Morgan fingerprint density at radius 1 is 1.00 bits per heavy atom. The molecule has 0 unspecified atom stereocenters. The maximum atomic E-state index is 10.8. The highest BCUT2D eigenvalue weighted by Gasteiger charge is 2.25. The highest BCUT2D eigenvalue weighted by molar-refractivity contribution is 7.08. The van der Waals surface area contributed by atoms with Gasteiger partial charge >= 0.3 is 0 Å². The van der Waals surface area contributed by atoms with Crippen molar-refractivity contribution in [1.29, 1.82) is 0 Å². The number of hydrogen-bond acceptors (Lipinski definition) is 9. The molecule has 4 aromatic heterocycles. The maximum absolute atomic E-state index is 10.8. The van der Waals surface area contributed by atoms with E-state index >= 15 is 0 Å². The first kappa shape index (κ1) is 19.8. The number of aliphatic hydroxyl groups is 2. The molecule has 0 fully saturated rings. The lowest BCUT2D eigenvalue weighted by Gasteiger charge is -2.24. The van der Waals surface area contributed by atoms with Gasteiger partial charge in [0.25, 0.3) is 5.78 Å². The summed E-state index contributed by atoms with van der Waals surface area (Å²) in [5, 5.41) is 39.9. The smallest absolute Gasteiger partial charge is 0.256 e. The summed E-state index contributed by atoms with van der Waals surface area (Å²) in [6.07, 6.45) is 1.43. The van der Waals surface area contributed by atoms with E-state index in [9.17, 15) is 10.2 Å². The number of rotatable bonds is 8. The molecule has 4 heterocycles. The van der Waals surface area contributed by atoms with Gasteiger partial charge in [0.2, 0.25) is 0 Å². The van der Waals surface area contributed by atoms with Gasteiger partial charge in [0.1, 0.15) is 29.2 Å². The highest BCUT2D eigenvalue weighted by Crippen LogP contribution is 2.26. The van der Waals surface area contributed by atoms with E-state index in [2.05, 4.69) is 25.7 Å². The van der Waals surface area contributed by atoms with Crippen LogP contribution in [0.3, 0.4) is 0 Å². The monoisotopic (exact) mass is 430 g/mol. The Morgan fingerprint density at radius 3 is 2.21 bits per heavy atom. The molecule has 4 aromatic rings. The van der Waals surface area contributed by atoms with Crippen molar-refractivity contribution in [3.8, 4) is 0 Å². The Hall–Kier alpha value is -2.53. The SMILES string of the molecule is C[C@](O)(CNc1cc(NC[C@@](C)(O)c2ccsc2)nc2ncnn12)c1ccsc1. The van der Waals surface area contributed by atoms with Crippen LogP contribution >= 0.6 is 22.7 Å². The van der Waals surface area contributed by atoms with E-state index in [0.29, 0.717) is 17.4 Å². The molecule has 0 aliphatic heterocycles. The van der Waals surface area contributed by atoms with Gasteiger partial charge in [0.15, 0.2) is 0 Å². The van der Waals surface area contributed by atoms with Crippen molar-refractivity contribution < 1.29 is 10.2 Å². The fraction of sp³-hybridized carbons (Fsp3) is 0.316. The lowest BCUT2D eigenvalue weighted by molar-refractivity contribution is 0.0716. The molecule has 4 N–H and O–H groups in total. The van der Waals surface area contributed by atoms with Gasteiger partial charge in [0, 0.05) is 19.2 Å². The molecule has 8 nitrogen and oxygen atoms in total. The molecule has 4 rings (SSSR count). The molecule has 0 saturated heterocycles. The summed E-state index contributed by atoms with van der Waals surface area (Å²) in [7, 11) is 0. The van der Waals surface area contributed by atoms with Crippen LogP contribution < -0.4 is 10.6 Å². The van der Waals surface area contributed by atoms with Gasteiger partial charge in [-0.05, 0) is 58.6 Å². The number of hydrogen-bond donors (Lipinski definition) is 4. The van der Waals surface area contributed by atoms with Crippen LogP contribution in [0.2, 0.25) is 0 Å². The number of fused-ring (bicyclic) bond motifs is 1. The second kappa shape index (κ2) is 7.71. The fourth-order valence-corrected chi connectivity index (χ4v) is 4.47. The van der Waals surface area contributed by atoms with Crippen molar-refractivity contribution in [2.24, 2.45) is 0 Å². The normalized spacial score (nSPS) is 15.7. The first-order valence-corrected chi connectivity index (χ1v) is 10.9. The topological polar surface area (TPSA) is 108 Å². The Kier molecular flexibility index (Phi) is 5.26. The number of anilines is 2. The van der Waals surface area contributed by atoms with Gasteiger partial charge in [-0.25, -0.2) is 0 Å². The van der Waals surface area contributed by atoms with Gasteiger partial charge in [-0.1, -0.05) is 0 Å². The summed E-state index contributed by atoms with van der Waals surface area (Å²) < 4.78 is 1.58. The maximum Gasteiger partial charge on any atom is 0.256 e. The van der Waals surface area contributed by atoms with E-state index in [1.165, 1.54) is 6.33 Å². The van der Waals surface area contributed by atoms with Crippen molar-refractivity contribution >= 4 is 40.1 Å². The van der Waals surface area contributed by atoms with Crippen LogP contribution in [-0.4, -0.2) is 42.9 Å². The van der Waals surface area contributed by atoms with Crippen LogP contribution in [0.25, 0.3) is 5.78 Å². The minimum Gasteiger partial charge on any atom is -0.384 e. The minimum atomic E-state index is -1.04. The number of nitrogens with zero attached hydrogens (tertiary/aromatic N) is 4. The third-order valence-corrected chi connectivity index (χ3v) is 6.13. The molecule has 0 aromatic carbocycles. The largest absolute Gasteiger partial charge is 0.384 e. The Balaban J connectivity index is 1.53. The quantitative estimate of drug-likeness (QED) is 0.340. The zero-order chi connectivity index (χ0) is 20.5. The summed E-state index contributed by atoms with van der Waals surface area (Å²) in [6, 6.07) is 5.60. The average Bonchev–Trinajstić information content (AvgIpc) is 3.46. The fourth-order valence-electron chi connectivity index (χ4n) is 2.90. The molecule has 0 radical (unpaired) electrons. The molecular formula is C19H22N6O2S2. The summed E-state index contributed by atoms with van der Waals surface area (Å²) >= 11 is 3.09. The molecule has 152 valence electrons. The molecule has 0 amide bonds. The standard InChI is InChI=1S/C19H22N6O2S2/c1-18(26,13-3-5-28-8-13)10-20-15-7-16(25-17(24-15)22-12-23-25)21-11-19(2,27)14-4-6-29-9-14/h3-9,12,21,26-27H,10-11H2,1-2H3,(H,20,22,23,24)/t18-,19+/m1/s1. The van der Waals surface area contributed by atoms with E-state index in [0.717, 1.165) is 11.1 Å². The van der Waals surface area contributed by atoms with E-state index in [1.54, 1.807) is 47.1 Å². The lowest BCUT2D eigenvalue weighted by atomic mass is 9.99. The lowest BCUT2D eigenvalue weighted by Crippen LogP contribution is -2.31. The van der Waals surface area contributed by atoms with Crippen molar-refractivity contribution in [1.82, 2.24) is 19.6 Å². The van der Waals surface area contributed by atoms with Crippen molar-refractivity contribution in [2.45, 2.75) is 25.0 Å². The van der Waals surface area contributed by atoms with Crippen molar-refractivity contribution in [2.75, 3.05) is 23.7 Å². The second-order valence-corrected chi connectivity index (χ2v) is 8.84. The van der Waals surface area contributed by atoms with Crippen LogP contribution in [-0.2, 0) is 11.2 Å². The number of nitrogens with one attached hydrogen (secondary N) is 2. The molecule has 0 bridgehead atoms. The molecular weight excluding hydrogens is 408 g/mol. The Labute approximate surface area is 175 Å². The molecule has 0 aliphatic carbocycles. The molecule has 0 spiro atoms. The average molecular weight is 431 g/mol. The zero-order valence-electron chi connectivity index (χ0n) is 16.0. The first-order valence-electron chi connectivity index (χ1n) is 9.04. The second-order valence-electron chi connectivity index (χ2n) is 7.28. The zero-order valence-corrected chi connectivity index (χ0v) is 17.7. The number of aromatic nitrogens is 4. The molecule has 0 aliphatic rings. The summed E-state index contributed by atoms with van der Waals surface area (Å²) in [5.74, 6) is 1.61. The third-order valence-electron chi connectivity index (χ3n) is 4.77. The highest BCUT2D eigenvalue weighted by atomic mass is 32.1. The molecule has 29 heavy (non-hydrogen) atoms. The summed E-state index contributed by atoms with van der Waals surface area (Å²) in [6.45, 7) is 4.09. The van der Waals surface area contributed by atoms with E-state index in [-0.39, 0.29) is 13.1 Å². The van der Waals surface area contributed by atoms with Gasteiger partial charge in [-0.2, -0.15) is 42.3 Å². The summed E-state index contributed by atoms with van der Waals surface area (Å²) in [4.78, 5) is 8.61. The number of thiophene rings is 2. The van der Waals surface area contributed by atoms with Crippen LogP contribution in [0.15, 0.2) is 46.0 Å². The Morgan fingerprint density at radius 2 is 1.62 bits per heavy atom. The molecule has 10 heteroatoms.